The van der Waals surface area contributed by atoms with Gasteiger partial charge in [-0.05, 0) is 65.6 Å². The molecule has 0 radical (unpaired) electrons. The van der Waals surface area contributed by atoms with Crippen LogP contribution >= 0.6 is 15.8 Å². The molecule has 113 heavy (non-hydrogen) atoms. The van der Waals surface area contributed by atoms with Gasteiger partial charge in [0.15, 0.2) is 0 Å². The van der Waals surface area contributed by atoms with Crippen molar-refractivity contribution < 1.29 is 51.7 Å². The van der Waals surface area contributed by atoms with Gasteiger partial charge >= 0.3 is 25.8 Å². The van der Waals surface area contributed by atoms with Gasteiger partial charge in [0.25, 0.3) is 0 Å². The van der Waals surface area contributed by atoms with E-state index >= 15 is 0 Å². The van der Waals surface area contributed by atoms with Gasteiger partial charge in [-0.3, -0.25) is 4.99 Å². The van der Waals surface area contributed by atoms with Crippen LogP contribution in [0.1, 0.15) is 72.3 Å². The van der Waals surface area contributed by atoms with E-state index in [0.29, 0.717) is 13.1 Å². The largest absolute Gasteiger partial charge is 4.00 e. The van der Waals surface area contributed by atoms with Crippen LogP contribution in [-0.4, -0.2) is 11.5 Å². The molecule has 566 valence electrons. The second-order valence-electron chi connectivity index (χ2n) is 25.5. The van der Waals surface area contributed by atoms with E-state index in [9.17, 15) is 0 Å². The zero-order valence-corrected chi connectivity index (χ0v) is 74.6. The molecule has 0 amide bonds. The summed E-state index contributed by atoms with van der Waals surface area (Å²) in [6.45, 7) is 35.9. The summed E-state index contributed by atoms with van der Waals surface area (Å²) in [6.07, 6.45) is 0. The maximum Gasteiger partial charge on any atom is 4.00 e. The molecule has 1 atom stereocenters. The second kappa shape index (κ2) is 55.6. The van der Waals surface area contributed by atoms with Crippen LogP contribution in [-0.2, 0) is 64.8 Å². The molecule has 1 unspecified atom stereocenters. The minimum atomic E-state index is -0.820. The Kier molecular flexibility index (Phi) is 45.7. The monoisotopic (exact) mass is 1840 g/mol. The summed E-state index contributed by atoms with van der Waals surface area (Å²) >= 11 is 0. The Morgan fingerprint density at radius 3 is 0.779 bits per heavy atom. The van der Waals surface area contributed by atoms with Gasteiger partial charge in [-0.15, -0.1) is 97.2 Å². The van der Waals surface area contributed by atoms with E-state index in [0.717, 1.165) is 55.9 Å². The van der Waals surface area contributed by atoms with Crippen molar-refractivity contribution in [2.75, 3.05) is 5.32 Å². The second-order valence-corrected chi connectivity index (χ2v) is 29.9. The summed E-state index contributed by atoms with van der Waals surface area (Å²) in [6, 6.07) is 146. The van der Waals surface area contributed by atoms with Crippen molar-refractivity contribution in [2.45, 2.75) is 46.7 Å². The third-order valence-corrected chi connectivity index (χ3v) is 21.1. The molecule has 0 saturated heterocycles. The summed E-state index contributed by atoms with van der Waals surface area (Å²) < 4.78 is 0. The summed E-state index contributed by atoms with van der Waals surface area (Å²) in [5.74, 6) is -0.167. The van der Waals surface area contributed by atoms with Crippen LogP contribution < -0.4 is 26.5 Å². The fourth-order valence-corrected chi connectivity index (χ4v) is 15.1. The number of benzene rings is 15. The van der Waals surface area contributed by atoms with Crippen molar-refractivity contribution in [1.29, 1.82) is 0 Å². The summed E-state index contributed by atoms with van der Waals surface area (Å²) in [4.78, 5) is 5.16. The average Bonchev–Trinajstić information content (AvgIpc) is 0.813. The van der Waals surface area contributed by atoms with E-state index in [2.05, 4.69) is 288 Å². The molecule has 8 heteroatoms. The smallest absolute Gasteiger partial charge is 0.695 e. The van der Waals surface area contributed by atoms with Crippen molar-refractivity contribution in [1.82, 2.24) is 0 Å². The predicted octanol–water partition coefficient (Wildman–Crippen LogP) is 26.8. The number of rotatable bonds is 14. The Hall–Kier alpha value is -10.8. The third-order valence-electron chi connectivity index (χ3n) is 16.4. The predicted molar refractivity (Wildman–Crippen MR) is 488 cm³/mol. The quantitative estimate of drug-likeness (QED) is 0.0381. The molecular formula is C105H103Hf2N4P2-5. The zero-order valence-electron chi connectivity index (χ0n) is 65.7. The SMILES string of the molecule is Cc1cccc(C)c1NC(=NCc1ccccc1)P(c1ccccc1)c1ccccc1.Cc1cccc(C)c1[N-]C([N-]Cc1ccccc1)P(c1ccccc1)c1ccccc1.[CH2-]c1ccccc1.[CH2-]c1ccccc1.[CH2-]c1ccccc1.[CH2-]c1ccccc1.[CH2-]c1ccccc1.[CH2-]c1ccccc1.[CH2-]c1ccccc1.[Hf+4].[Hf]. The molecular weight excluding hydrogens is 1740 g/mol. The minimum absolute atomic E-state index is 0. The molecule has 0 spiro atoms. The number of nitrogens with zero attached hydrogens (tertiary/aromatic N) is 3. The molecule has 15 aromatic carbocycles. The van der Waals surface area contributed by atoms with Crippen LogP contribution in [0.3, 0.4) is 0 Å². The van der Waals surface area contributed by atoms with Crippen LogP contribution in [0, 0.1) is 76.2 Å². The molecule has 0 saturated carbocycles. The van der Waals surface area contributed by atoms with Crippen molar-refractivity contribution in [3.8, 4) is 0 Å². The molecule has 0 aliphatic rings. The Balaban J connectivity index is 0.000000252. The van der Waals surface area contributed by atoms with Gasteiger partial charge in [0.2, 0.25) is 0 Å². The number of hydrogen-bond acceptors (Lipinski definition) is 1. The first kappa shape index (κ1) is 92.8. The van der Waals surface area contributed by atoms with Gasteiger partial charge < -0.3 is 16.0 Å². The van der Waals surface area contributed by atoms with Crippen LogP contribution in [0.4, 0.5) is 11.4 Å². The minimum Gasteiger partial charge on any atom is -0.695 e. The Labute approximate surface area is 718 Å². The van der Waals surface area contributed by atoms with E-state index in [-0.39, 0.29) is 57.6 Å². The molecule has 1 N–H and O–H groups in total. The number of aryl methyl sites for hydroxylation is 4. The van der Waals surface area contributed by atoms with Crippen molar-refractivity contribution in [3.63, 3.8) is 0 Å². The standard InChI is InChI=1S/2C28H27N2P.7C7H7.2Hf/c2*1-22-13-12-14-23(2)27(22)30-28(29-21-24-15-6-3-7-16-24)31(25-17-8-4-9-18-25)26-19-10-5-11-20-26;7*1-7-5-3-2-4-6-7;;/h3-20H,21H2,1-2H3,(H,29,30);3-20,28H,21H2,1-2H3;7*2-6H,1H2;;/q;-2;7*-1;;+4. The number of amidine groups is 1. The number of para-hydroxylation sites is 2. The van der Waals surface area contributed by atoms with E-state index in [4.69, 9.17) is 15.6 Å². The van der Waals surface area contributed by atoms with Gasteiger partial charge in [0.1, 0.15) is 5.58 Å². The summed E-state index contributed by atoms with van der Waals surface area (Å²) in [5.41, 5.74) is 18.0. The fourth-order valence-electron chi connectivity index (χ4n) is 10.6. The molecule has 0 bridgehead atoms. The van der Waals surface area contributed by atoms with Crippen LogP contribution in [0.15, 0.2) is 436 Å². The number of hydrogen-bond donors (Lipinski definition) is 1. The Morgan fingerprint density at radius 2 is 0.522 bits per heavy atom. The summed E-state index contributed by atoms with van der Waals surface area (Å²) in [7, 11) is -1.61. The Bertz CT molecular complexity index is 4390. The van der Waals surface area contributed by atoms with Crippen LogP contribution in [0.2, 0.25) is 0 Å². The summed E-state index contributed by atoms with van der Waals surface area (Å²) in [5, 5.41) is 19.4. The van der Waals surface area contributed by atoms with Crippen molar-refractivity contribution in [2.24, 2.45) is 4.99 Å². The maximum atomic E-state index is 5.29. The average molecular weight is 1840 g/mol. The van der Waals surface area contributed by atoms with Gasteiger partial charge in [0.05, 0.1) is 6.54 Å². The topological polar surface area (TPSA) is 52.6 Å². The van der Waals surface area contributed by atoms with Gasteiger partial charge in [-0.1, -0.05) is 285 Å². The molecule has 15 aromatic rings. The molecule has 0 aliphatic heterocycles. The first-order valence-corrected chi connectivity index (χ1v) is 39.7. The van der Waals surface area contributed by atoms with Crippen LogP contribution in [0.5, 0.6) is 0 Å². The molecule has 4 nitrogen and oxygen atoms in total. The third kappa shape index (κ3) is 37.4. The van der Waals surface area contributed by atoms with E-state index in [1.165, 1.54) is 54.6 Å². The Morgan fingerprint density at radius 1 is 0.292 bits per heavy atom. The van der Waals surface area contributed by atoms with E-state index < -0.39 is 15.8 Å². The van der Waals surface area contributed by atoms with Crippen molar-refractivity contribution >= 4 is 54.0 Å². The number of aliphatic imine (C=N–C) groups is 1. The fraction of sp³-hybridized carbons (Fsp3) is 0.0667. The normalized spacial score (nSPS) is 10.2. The number of nitrogens with one attached hydrogen (secondary N) is 1. The number of anilines is 1. The first-order valence-electron chi connectivity index (χ1n) is 37.0. The van der Waals surface area contributed by atoms with Gasteiger partial charge in [0, 0.05) is 39.5 Å². The zero-order chi connectivity index (χ0) is 78.7. The first-order chi connectivity index (χ1) is 54.2. The molecule has 0 aromatic heterocycles. The molecule has 15 rings (SSSR count). The van der Waals surface area contributed by atoms with Crippen LogP contribution in [0.25, 0.3) is 10.6 Å². The van der Waals surface area contributed by atoms with E-state index in [1.54, 1.807) is 0 Å². The van der Waals surface area contributed by atoms with Gasteiger partial charge in [-0.25, -0.2) is 0 Å². The van der Waals surface area contributed by atoms with E-state index in [1.807, 2.05) is 224 Å². The maximum absolute atomic E-state index is 5.29. The van der Waals surface area contributed by atoms with Gasteiger partial charge in [-0.2, -0.15) is 178 Å². The molecule has 0 heterocycles. The molecule has 0 aliphatic carbocycles. The molecule has 0 fully saturated rings. The van der Waals surface area contributed by atoms with Crippen molar-refractivity contribution in [3.05, 3.63) is 562 Å².